The van der Waals surface area contributed by atoms with Crippen molar-refractivity contribution in [2.75, 3.05) is 13.1 Å². The van der Waals surface area contributed by atoms with Crippen LogP contribution in [0.4, 0.5) is 0 Å². The van der Waals surface area contributed by atoms with Crippen molar-refractivity contribution in [3.8, 4) is 11.8 Å². The summed E-state index contributed by atoms with van der Waals surface area (Å²) in [6.45, 7) is 3.15. The van der Waals surface area contributed by atoms with Crippen LogP contribution in [0.15, 0.2) is 49.1 Å². The van der Waals surface area contributed by atoms with Crippen LogP contribution < -0.4 is 4.74 Å². The first-order valence-corrected chi connectivity index (χ1v) is 9.35. The third-order valence-electron chi connectivity index (χ3n) is 5.04. The molecule has 0 unspecified atom stereocenters. The number of hydrogen-bond acceptors (Lipinski definition) is 6. The molecule has 0 amide bonds. The SMILES string of the molecule is Cn1cnnc1CC1CCN(Cc2cccc(Oc3ncccn3)c2)CC1. The Bertz CT molecular complexity index is 858. The fraction of sp³-hybridized carbons (Fsp3) is 0.400. The number of hydrogen-bond donors (Lipinski definition) is 0. The van der Waals surface area contributed by atoms with E-state index in [0.717, 1.165) is 37.6 Å². The molecule has 4 rings (SSSR count). The molecule has 27 heavy (non-hydrogen) atoms. The zero-order valence-electron chi connectivity index (χ0n) is 15.5. The van der Waals surface area contributed by atoms with Crippen LogP contribution in [0.5, 0.6) is 11.8 Å². The molecule has 1 aliphatic heterocycles. The molecule has 0 saturated carbocycles. The predicted molar refractivity (Wildman–Crippen MR) is 101 cm³/mol. The molecule has 3 aromatic rings. The maximum absolute atomic E-state index is 5.74. The number of aromatic nitrogens is 5. The van der Waals surface area contributed by atoms with E-state index in [4.69, 9.17) is 4.74 Å². The Morgan fingerprint density at radius 1 is 1.11 bits per heavy atom. The normalized spacial score (nSPS) is 15.7. The van der Waals surface area contributed by atoms with Gasteiger partial charge in [0, 0.05) is 32.4 Å². The second kappa shape index (κ2) is 8.26. The largest absolute Gasteiger partial charge is 0.424 e. The van der Waals surface area contributed by atoms with Crippen LogP contribution in [0.2, 0.25) is 0 Å². The van der Waals surface area contributed by atoms with Gasteiger partial charge >= 0.3 is 6.01 Å². The quantitative estimate of drug-likeness (QED) is 0.670. The Labute approximate surface area is 159 Å². The maximum atomic E-state index is 5.74. The van der Waals surface area contributed by atoms with Crippen molar-refractivity contribution in [3.63, 3.8) is 0 Å². The molecule has 1 fully saturated rings. The van der Waals surface area contributed by atoms with E-state index < -0.39 is 0 Å². The van der Waals surface area contributed by atoms with E-state index in [-0.39, 0.29) is 0 Å². The van der Waals surface area contributed by atoms with Gasteiger partial charge < -0.3 is 9.30 Å². The van der Waals surface area contributed by atoms with Crippen LogP contribution in [0.1, 0.15) is 24.2 Å². The Morgan fingerprint density at radius 3 is 2.67 bits per heavy atom. The number of rotatable bonds is 6. The first-order chi connectivity index (χ1) is 13.3. The van der Waals surface area contributed by atoms with Crippen molar-refractivity contribution in [2.45, 2.75) is 25.8 Å². The van der Waals surface area contributed by atoms with E-state index in [9.17, 15) is 0 Å². The maximum Gasteiger partial charge on any atom is 0.321 e. The van der Waals surface area contributed by atoms with Crippen LogP contribution in [0.25, 0.3) is 0 Å². The summed E-state index contributed by atoms with van der Waals surface area (Å²) in [7, 11) is 2.01. The first-order valence-electron chi connectivity index (χ1n) is 9.35. The highest BCUT2D eigenvalue weighted by Gasteiger charge is 2.21. The lowest BCUT2D eigenvalue weighted by Gasteiger charge is -2.31. The van der Waals surface area contributed by atoms with Gasteiger partial charge in [0.2, 0.25) is 0 Å². The van der Waals surface area contributed by atoms with E-state index in [0.29, 0.717) is 11.9 Å². The van der Waals surface area contributed by atoms with Crippen LogP contribution >= 0.6 is 0 Å². The molecular formula is C20H24N6O. The highest BCUT2D eigenvalue weighted by Crippen LogP contribution is 2.24. The molecule has 140 valence electrons. The van der Waals surface area contributed by atoms with Gasteiger partial charge in [-0.05, 0) is 55.6 Å². The summed E-state index contributed by atoms with van der Waals surface area (Å²) >= 11 is 0. The average Bonchev–Trinajstić information content (AvgIpc) is 3.09. The standard InChI is InChI=1S/C20H24N6O/c1-25-15-23-24-19(25)13-16-6-10-26(11-7-16)14-17-4-2-5-18(12-17)27-20-21-8-3-9-22-20/h2-5,8-9,12,15-16H,6-7,10-11,13-14H2,1H3. The number of aryl methyl sites for hydroxylation is 1. The Morgan fingerprint density at radius 2 is 1.93 bits per heavy atom. The summed E-state index contributed by atoms with van der Waals surface area (Å²) < 4.78 is 7.76. The molecule has 0 bridgehead atoms. The molecule has 1 aliphatic rings. The van der Waals surface area contributed by atoms with Gasteiger partial charge in [0.1, 0.15) is 17.9 Å². The fourth-order valence-electron chi connectivity index (χ4n) is 3.51. The van der Waals surface area contributed by atoms with E-state index in [1.807, 2.05) is 23.7 Å². The van der Waals surface area contributed by atoms with Gasteiger partial charge in [0.15, 0.2) is 0 Å². The highest BCUT2D eigenvalue weighted by molar-refractivity contribution is 5.30. The van der Waals surface area contributed by atoms with Crippen LogP contribution in [-0.4, -0.2) is 42.7 Å². The fourth-order valence-corrected chi connectivity index (χ4v) is 3.51. The summed E-state index contributed by atoms with van der Waals surface area (Å²) in [4.78, 5) is 10.7. The smallest absolute Gasteiger partial charge is 0.321 e. The Hall–Kier alpha value is -2.80. The molecular weight excluding hydrogens is 340 g/mol. The van der Waals surface area contributed by atoms with E-state index in [1.165, 1.54) is 18.4 Å². The van der Waals surface area contributed by atoms with Gasteiger partial charge in [-0.3, -0.25) is 4.90 Å². The molecule has 0 aliphatic carbocycles. The van der Waals surface area contributed by atoms with E-state index in [1.54, 1.807) is 24.8 Å². The Balaban J connectivity index is 1.30. The van der Waals surface area contributed by atoms with E-state index >= 15 is 0 Å². The van der Waals surface area contributed by atoms with Crippen LogP contribution in [-0.2, 0) is 20.0 Å². The lowest BCUT2D eigenvalue weighted by molar-refractivity contribution is 0.175. The highest BCUT2D eigenvalue weighted by atomic mass is 16.5. The monoisotopic (exact) mass is 364 g/mol. The molecule has 0 atom stereocenters. The minimum Gasteiger partial charge on any atom is -0.424 e. The molecule has 1 aromatic carbocycles. The minimum absolute atomic E-state index is 0.374. The van der Waals surface area contributed by atoms with Gasteiger partial charge in [0.05, 0.1) is 0 Å². The summed E-state index contributed by atoms with van der Waals surface area (Å²) in [6, 6.07) is 10.3. The Kier molecular flexibility index (Phi) is 5.39. The van der Waals surface area contributed by atoms with Gasteiger partial charge in [-0.1, -0.05) is 12.1 Å². The number of piperidine rings is 1. The lowest BCUT2D eigenvalue weighted by Crippen LogP contribution is -2.34. The number of ether oxygens (including phenoxy) is 1. The molecule has 0 radical (unpaired) electrons. The number of nitrogens with zero attached hydrogens (tertiary/aromatic N) is 6. The van der Waals surface area contributed by atoms with Gasteiger partial charge in [-0.15, -0.1) is 10.2 Å². The van der Waals surface area contributed by atoms with Crippen molar-refractivity contribution in [3.05, 3.63) is 60.4 Å². The van der Waals surface area contributed by atoms with Crippen LogP contribution in [0.3, 0.4) is 0 Å². The summed E-state index contributed by atoms with van der Waals surface area (Å²) in [5.41, 5.74) is 1.25. The number of benzene rings is 1. The summed E-state index contributed by atoms with van der Waals surface area (Å²) in [5, 5.41) is 8.19. The second-order valence-corrected chi connectivity index (χ2v) is 7.06. The topological polar surface area (TPSA) is 69.0 Å². The lowest BCUT2D eigenvalue weighted by atomic mass is 9.93. The van der Waals surface area contributed by atoms with Crippen molar-refractivity contribution < 1.29 is 4.74 Å². The van der Waals surface area contributed by atoms with E-state index in [2.05, 4.69) is 37.2 Å². The molecule has 7 heteroatoms. The zero-order chi connectivity index (χ0) is 18.5. The summed E-state index contributed by atoms with van der Waals surface area (Å²) in [5.74, 6) is 2.55. The molecule has 2 aromatic heterocycles. The van der Waals surface area contributed by atoms with Gasteiger partial charge in [0.25, 0.3) is 0 Å². The van der Waals surface area contributed by atoms with Crippen LogP contribution in [0, 0.1) is 5.92 Å². The molecule has 0 spiro atoms. The molecule has 3 heterocycles. The minimum atomic E-state index is 0.374. The zero-order valence-corrected chi connectivity index (χ0v) is 15.5. The average molecular weight is 364 g/mol. The molecule has 7 nitrogen and oxygen atoms in total. The van der Waals surface area contributed by atoms with Crippen molar-refractivity contribution >= 4 is 0 Å². The summed E-state index contributed by atoms with van der Waals surface area (Å²) in [6.07, 6.45) is 8.54. The van der Waals surface area contributed by atoms with Crippen molar-refractivity contribution in [1.82, 2.24) is 29.6 Å². The van der Waals surface area contributed by atoms with Gasteiger partial charge in [-0.2, -0.15) is 0 Å². The third-order valence-corrected chi connectivity index (χ3v) is 5.04. The van der Waals surface area contributed by atoms with Crippen molar-refractivity contribution in [1.29, 1.82) is 0 Å². The predicted octanol–water partition coefficient (Wildman–Crippen LogP) is 2.85. The first kappa shape index (κ1) is 17.6. The molecule has 1 saturated heterocycles. The van der Waals surface area contributed by atoms with Gasteiger partial charge in [-0.25, -0.2) is 9.97 Å². The second-order valence-electron chi connectivity index (χ2n) is 7.06. The number of likely N-dealkylation sites (tertiary alicyclic amines) is 1. The molecule has 0 N–H and O–H groups in total. The third kappa shape index (κ3) is 4.68. The van der Waals surface area contributed by atoms with Crippen molar-refractivity contribution in [2.24, 2.45) is 13.0 Å².